The second kappa shape index (κ2) is 5.74. The van der Waals surface area contributed by atoms with E-state index in [0.717, 1.165) is 12.1 Å². The Kier molecular flexibility index (Phi) is 3.74. The molecule has 0 radical (unpaired) electrons. The molecule has 1 aliphatic carbocycles. The fourth-order valence-electron chi connectivity index (χ4n) is 2.65. The Balaban J connectivity index is 2.28. The number of carbonyl (C=O) groups excluding carboxylic acids is 2. The Bertz CT molecular complexity index is 888. The van der Waals surface area contributed by atoms with Crippen molar-refractivity contribution in [2.75, 3.05) is 13.9 Å². The number of phenols is 1. The van der Waals surface area contributed by atoms with Crippen LogP contribution < -0.4 is 4.74 Å². The van der Waals surface area contributed by atoms with Crippen LogP contribution in [0.15, 0.2) is 30.3 Å². The predicted octanol–water partition coefficient (Wildman–Crippen LogP) is 2.06. The van der Waals surface area contributed by atoms with Crippen molar-refractivity contribution in [3.8, 4) is 11.5 Å². The van der Waals surface area contributed by atoms with Gasteiger partial charge in [-0.1, -0.05) is 12.1 Å². The van der Waals surface area contributed by atoms with Crippen molar-refractivity contribution in [3.63, 3.8) is 0 Å². The number of benzene rings is 2. The van der Waals surface area contributed by atoms with Crippen LogP contribution in [0.2, 0.25) is 0 Å². The first-order valence-electron chi connectivity index (χ1n) is 6.82. The molecular formula is C16H11NO7. The van der Waals surface area contributed by atoms with Crippen molar-refractivity contribution in [3.05, 3.63) is 62.7 Å². The van der Waals surface area contributed by atoms with Crippen LogP contribution in [0.25, 0.3) is 0 Å². The number of methoxy groups -OCH3 is 1. The Labute approximate surface area is 135 Å². The molecule has 0 aromatic heterocycles. The van der Waals surface area contributed by atoms with Gasteiger partial charge >= 0.3 is 0 Å². The first kappa shape index (κ1) is 15.6. The summed E-state index contributed by atoms with van der Waals surface area (Å²) in [6, 6.07) is 6.37. The van der Waals surface area contributed by atoms with E-state index >= 15 is 0 Å². The van der Waals surface area contributed by atoms with Crippen molar-refractivity contribution < 1.29 is 29.1 Å². The van der Waals surface area contributed by atoms with Gasteiger partial charge in [-0.05, 0) is 12.1 Å². The number of ketones is 2. The molecule has 0 atom stereocenters. The van der Waals surface area contributed by atoms with Crippen LogP contribution in [-0.4, -0.2) is 35.5 Å². The standard InChI is InChI=1S/C16H11NO7/c1-23-7-24-11-4-2-3-8-12(11)16(20)14-10(18)6-5-9(17(21)22)13(14)15(8)19/h2-6,18H,7H2,1H3. The average Bonchev–Trinajstić information content (AvgIpc) is 2.56. The maximum Gasteiger partial charge on any atom is 0.281 e. The smallest absolute Gasteiger partial charge is 0.281 e. The Morgan fingerprint density at radius 3 is 2.50 bits per heavy atom. The second-order valence-corrected chi connectivity index (χ2v) is 5.00. The summed E-state index contributed by atoms with van der Waals surface area (Å²) in [4.78, 5) is 35.9. The van der Waals surface area contributed by atoms with E-state index in [9.17, 15) is 24.8 Å². The summed E-state index contributed by atoms with van der Waals surface area (Å²) < 4.78 is 10.1. The predicted molar refractivity (Wildman–Crippen MR) is 80.6 cm³/mol. The third-order valence-corrected chi connectivity index (χ3v) is 3.64. The van der Waals surface area contributed by atoms with Crippen molar-refractivity contribution in [2.45, 2.75) is 0 Å². The Morgan fingerprint density at radius 1 is 1.08 bits per heavy atom. The summed E-state index contributed by atoms with van der Waals surface area (Å²) in [5.74, 6) is -1.83. The second-order valence-electron chi connectivity index (χ2n) is 5.00. The van der Waals surface area contributed by atoms with Gasteiger partial charge in [-0.3, -0.25) is 19.7 Å². The number of hydrogen-bond donors (Lipinski definition) is 1. The zero-order valence-corrected chi connectivity index (χ0v) is 12.4. The Hall–Kier alpha value is -3.26. The summed E-state index contributed by atoms with van der Waals surface area (Å²) in [6.45, 7) is -0.147. The minimum Gasteiger partial charge on any atom is -0.507 e. The first-order valence-corrected chi connectivity index (χ1v) is 6.82. The topological polar surface area (TPSA) is 116 Å². The van der Waals surface area contributed by atoms with Gasteiger partial charge in [0.2, 0.25) is 11.6 Å². The number of ether oxygens (including phenoxy) is 2. The van der Waals surface area contributed by atoms with Gasteiger partial charge in [-0.2, -0.15) is 0 Å². The lowest BCUT2D eigenvalue weighted by molar-refractivity contribution is -0.385. The van der Waals surface area contributed by atoms with E-state index < -0.39 is 39.1 Å². The van der Waals surface area contributed by atoms with E-state index in [1.165, 1.54) is 25.3 Å². The monoisotopic (exact) mass is 329 g/mol. The molecule has 0 spiro atoms. The number of carbonyl (C=O) groups is 2. The molecule has 1 N–H and O–H groups in total. The van der Waals surface area contributed by atoms with Crippen LogP contribution >= 0.6 is 0 Å². The maximum atomic E-state index is 12.8. The zero-order chi connectivity index (χ0) is 17.4. The van der Waals surface area contributed by atoms with E-state index in [2.05, 4.69) is 0 Å². The molecule has 8 nitrogen and oxygen atoms in total. The molecule has 0 heterocycles. The van der Waals surface area contributed by atoms with Crippen molar-refractivity contribution in [1.29, 1.82) is 0 Å². The fourth-order valence-corrected chi connectivity index (χ4v) is 2.65. The average molecular weight is 329 g/mol. The molecular weight excluding hydrogens is 318 g/mol. The van der Waals surface area contributed by atoms with Crippen molar-refractivity contribution >= 4 is 17.3 Å². The highest BCUT2D eigenvalue weighted by Crippen LogP contribution is 2.40. The lowest BCUT2D eigenvalue weighted by atomic mass is 9.82. The minimum atomic E-state index is -0.764. The third kappa shape index (κ3) is 2.20. The van der Waals surface area contributed by atoms with Crippen LogP contribution in [0, 0.1) is 10.1 Å². The summed E-state index contributed by atoms with van der Waals surface area (Å²) in [6.07, 6.45) is 0. The quantitative estimate of drug-likeness (QED) is 0.442. The summed E-state index contributed by atoms with van der Waals surface area (Å²) in [5.41, 5.74) is -1.41. The molecule has 8 heteroatoms. The van der Waals surface area contributed by atoms with E-state index in [4.69, 9.17) is 9.47 Å². The number of nitro benzene ring substituents is 1. The normalized spacial score (nSPS) is 12.5. The maximum absolute atomic E-state index is 12.8. The minimum absolute atomic E-state index is 0.0187. The number of rotatable bonds is 4. The molecule has 0 aliphatic heterocycles. The van der Waals surface area contributed by atoms with Crippen LogP contribution in [0.3, 0.4) is 0 Å². The van der Waals surface area contributed by atoms with Gasteiger partial charge in [0.25, 0.3) is 5.69 Å². The molecule has 3 rings (SSSR count). The van der Waals surface area contributed by atoms with E-state index in [1.54, 1.807) is 0 Å². The lowest BCUT2D eigenvalue weighted by Gasteiger charge is -2.20. The number of hydrogen-bond acceptors (Lipinski definition) is 7. The largest absolute Gasteiger partial charge is 0.507 e. The van der Waals surface area contributed by atoms with E-state index in [-0.39, 0.29) is 23.7 Å². The molecule has 24 heavy (non-hydrogen) atoms. The van der Waals surface area contributed by atoms with Crippen molar-refractivity contribution in [2.24, 2.45) is 0 Å². The molecule has 0 unspecified atom stereocenters. The van der Waals surface area contributed by atoms with Gasteiger partial charge < -0.3 is 14.6 Å². The van der Waals surface area contributed by atoms with Crippen LogP contribution in [0.1, 0.15) is 31.8 Å². The molecule has 122 valence electrons. The number of nitro groups is 1. The van der Waals surface area contributed by atoms with Gasteiger partial charge in [0.15, 0.2) is 6.79 Å². The number of phenolic OH excluding ortho intramolecular Hbond substituents is 1. The molecule has 0 saturated carbocycles. The Morgan fingerprint density at radius 2 is 1.83 bits per heavy atom. The molecule has 1 aliphatic rings. The number of fused-ring (bicyclic) bond motifs is 2. The highest BCUT2D eigenvalue weighted by Gasteiger charge is 2.39. The molecule has 2 aromatic carbocycles. The number of aromatic hydroxyl groups is 1. The van der Waals surface area contributed by atoms with Crippen LogP contribution in [0.5, 0.6) is 11.5 Å². The van der Waals surface area contributed by atoms with Gasteiger partial charge in [0.1, 0.15) is 17.1 Å². The molecule has 0 fully saturated rings. The molecule has 0 bridgehead atoms. The SMILES string of the molecule is COCOc1cccc2c1C(=O)c1c(O)ccc([N+](=O)[O-])c1C2=O. The van der Waals surface area contributed by atoms with Crippen LogP contribution in [0.4, 0.5) is 5.69 Å². The van der Waals surface area contributed by atoms with E-state index in [1.807, 2.05) is 0 Å². The lowest BCUT2D eigenvalue weighted by Crippen LogP contribution is -2.23. The van der Waals surface area contributed by atoms with Gasteiger partial charge in [0, 0.05) is 18.7 Å². The molecule has 0 amide bonds. The molecule has 0 saturated heterocycles. The summed E-state index contributed by atoms with van der Waals surface area (Å²) in [5, 5.41) is 21.2. The van der Waals surface area contributed by atoms with Gasteiger partial charge in [-0.15, -0.1) is 0 Å². The highest BCUT2D eigenvalue weighted by atomic mass is 16.7. The number of nitrogens with zero attached hydrogens (tertiary/aromatic N) is 1. The first-order chi connectivity index (χ1) is 11.5. The fraction of sp³-hybridized carbons (Fsp3) is 0.125. The summed E-state index contributed by atoms with van der Waals surface area (Å²) >= 11 is 0. The van der Waals surface area contributed by atoms with E-state index in [0.29, 0.717) is 0 Å². The van der Waals surface area contributed by atoms with Gasteiger partial charge in [0.05, 0.1) is 16.1 Å². The van der Waals surface area contributed by atoms with Gasteiger partial charge in [-0.25, -0.2) is 0 Å². The van der Waals surface area contributed by atoms with Crippen LogP contribution in [-0.2, 0) is 4.74 Å². The summed E-state index contributed by atoms with van der Waals surface area (Å²) in [7, 11) is 1.40. The highest BCUT2D eigenvalue weighted by molar-refractivity contribution is 6.31. The van der Waals surface area contributed by atoms with Crippen molar-refractivity contribution in [1.82, 2.24) is 0 Å². The third-order valence-electron chi connectivity index (χ3n) is 3.64. The molecule has 2 aromatic rings. The zero-order valence-electron chi connectivity index (χ0n) is 12.4.